The van der Waals surface area contributed by atoms with Gasteiger partial charge in [-0.15, -0.1) is 0 Å². The van der Waals surface area contributed by atoms with Crippen LogP contribution in [0.3, 0.4) is 0 Å². The number of H-pyrrole nitrogens is 2. The summed E-state index contributed by atoms with van der Waals surface area (Å²) in [7, 11) is 17.0. The van der Waals surface area contributed by atoms with Crippen molar-refractivity contribution in [3.05, 3.63) is 119 Å². The minimum atomic E-state index is -0.0754. The summed E-state index contributed by atoms with van der Waals surface area (Å²) in [5.74, 6) is 0. The second kappa shape index (κ2) is 11.8. The van der Waals surface area contributed by atoms with E-state index in [0.29, 0.717) is 0 Å². The van der Waals surface area contributed by atoms with Crippen molar-refractivity contribution < 1.29 is 0 Å². The molecule has 2 N–H and O–H groups in total. The van der Waals surface area contributed by atoms with E-state index >= 15 is 0 Å². The van der Waals surface area contributed by atoms with Crippen molar-refractivity contribution in [2.75, 3.05) is 56.4 Å². The molecule has 6 aliphatic rings. The molecule has 0 unspecified atom stereocenters. The Kier molecular flexibility index (Phi) is 7.21. The molecular formula is C40H46N12. The summed E-state index contributed by atoms with van der Waals surface area (Å²) in [4.78, 5) is 36.7. The van der Waals surface area contributed by atoms with E-state index in [4.69, 9.17) is 9.97 Å². The lowest BCUT2D eigenvalue weighted by Crippen LogP contribution is -2.27. The molecule has 0 saturated carbocycles. The van der Waals surface area contributed by atoms with Crippen LogP contribution in [0.4, 0.5) is 0 Å². The SMILES string of the molecule is CN1C=CN(C)C1c1c2nc(c(C3N(C)C=CN3C)c3ccc([nH]3)c(C3N(C)C=CN3C)c3ccc([nH]3)c(C3N(C)C=CN3C)c3nc1C=C3)C=C2. The van der Waals surface area contributed by atoms with Crippen molar-refractivity contribution in [2.24, 2.45) is 0 Å². The molecule has 0 spiro atoms. The first kappa shape index (κ1) is 31.9. The molecule has 3 aromatic rings. The lowest BCUT2D eigenvalue weighted by Gasteiger charge is -2.29. The molecule has 12 heteroatoms. The van der Waals surface area contributed by atoms with E-state index in [1.165, 1.54) is 0 Å². The molecule has 0 fully saturated rings. The maximum absolute atomic E-state index is 5.48. The van der Waals surface area contributed by atoms with Crippen LogP contribution in [0, 0.1) is 0 Å². The van der Waals surface area contributed by atoms with Crippen LogP contribution in [-0.4, -0.2) is 116 Å². The molecule has 0 amide bonds. The van der Waals surface area contributed by atoms with E-state index in [1.54, 1.807) is 0 Å². The third kappa shape index (κ3) is 4.80. The Morgan fingerprint density at radius 2 is 0.577 bits per heavy atom. The maximum atomic E-state index is 5.48. The van der Waals surface area contributed by atoms with Crippen LogP contribution in [0.1, 0.15) is 69.7 Å². The monoisotopic (exact) mass is 694 g/mol. The van der Waals surface area contributed by atoms with E-state index in [0.717, 1.165) is 67.1 Å². The molecular weight excluding hydrogens is 649 g/mol. The van der Waals surface area contributed by atoms with Crippen molar-refractivity contribution in [3.8, 4) is 0 Å². The summed E-state index contributed by atoms with van der Waals surface area (Å²) in [5.41, 5.74) is 12.2. The first-order valence-corrected chi connectivity index (χ1v) is 17.7. The van der Waals surface area contributed by atoms with Crippen LogP contribution in [0.25, 0.3) is 46.4 Å². The molecule has 9 heterocycles. The molecule has 52 heavy (non-hydrogen) atoms. The Balaban J connectivity index is 1.43. The van der Waals surface area contributed by atoms with Gasteiger partial charge in [0, 0.05) is 150 Å². The van der Waals surface area contributed by atoms with Crippen LogP contribution >= 0.6 is 0 Å². The fraction of sp³-hybridized carbons (Fsp3) is 0.300. The first-order chi connectivity index (χ1) is 25.1. The van der Waals surface area contributed by atoms with E-state index in [2.05, 4.69) is 204 Å². The van der Waals surface area contributed by atoms with Crippen molar-refractivity contribution in [1.29, 1.82) is 0 Å². The minimum absolute atomic E-state index is 0.0285. The predicted molar refractivity (Wildman–Crippen MR) is 208 cm³/mol. The van der Waals surface area contributed by atoms with Crippen LogP contribution in [0.2, 0.25) is 0 Å². The van der Waals surface area contributed by atoms with Gasteiger partial charge in [-0.1, -0.05) is 0 Å². The van der Waals surface area contributed by atoms with E-state index in [9.17, 15) is 0 Å². The zero-order chi connectivity index (χ0) is 36.0. The standard InChI is InChI=1S/C40H46N12/c1-45-17-18-46(2)37(45)33-25-9-11-27(41-25)34(38-47(3)19-20-48(38)4)29-13-15-31(43-29)36(40-51(7)23-24-52(40)8)32-16-14-30(44-32)35(28-12-10-26(33)42-28)39-49(5)21-22-50(39)6/h9-24,37-42H,1-8H3. The van der Waals surface area contributed by atoms with Gasteiger partial charge in [-0.05, 0) is 48.6 Å². The van der Waals surface area contributed by atoms with E-state index in [1.807, 2.05) is 0 Å². The maximum Gasteiger partial charge on any atom is 0.131 e. The van der Waals surface area contributed by atoms with Gasteiger partial charge in [0.25, 0.3) is 0 Å². The van der Waals surface area contributed by atoms with Crippen LogP contribution in [0.5, 0.6) is 0 Å². The average molecular weight is 695 g/mol. The molecule has 3 aromatic heterocycles. The highest BCUT2D eigenvalue weighted by Crippen LogP contribution is 2.41. The van der Waals surface area contributed by atoms with Crippen LogP contribution in [-0.2, 0) is 0 Å². The first-order valence-electron chi connectivity index (χ1n) is 17.7. The summed E-state index contributed by atoms with van der Waals surface area (Å²) in [5, 5.41) is 0. The molecule has 0 atom stereocenters. The number of hydrogen-bond acceptors (Lipinski definition) is 10. The van der Waals surface area contributed by atoms with Gasteiger partial charge in [-0.25, -0.2) is 9.97 Å². The Labute approximate surface area is 304 Å². The number of aromatic nitrogens is 4. The zero-order valence-corrected chi connectivity index (χ0v) is 31.0. The normalized spacial score (nSPS) is 19.2. The molecule has 0 aromatic carbocycles. The van der Waals surface area contributed by atoms with Gasteiger partial charge in [-0.2, -0.15) is 0 Å². The number of rotatable bonds is 4. The Morgan fingerprint density at radius 3 is 0.885 bits per heavy atom. The second-order valence-corrected chi connectivity index (χ2v) is 14.7. The van der Waals surface area contributed by atoms with E-state index in [-0.39, 0.29) is 24.7 Å². The molecule has 266 valence electrons. The molecule has 9 rings (SSSR count). The third-order valence-corrected chi connectivity index (χ3v) is 11.2. The number of nitrogens with one attached hydrogen (secondary N) is 2. The summed E-state index contributed by atoms with van der Waals surface area (Å²) < 4.78 is 0. The molecule has 8 bridgehead atoms. The summed E-state index contributed by atoms with van der Waals surface area (Å²) >= 11 is 0. The number of hydrogen-bond donors (Lipinski definition) is 2. The Morgan fingerprint density at radius 1 is 0.346 bits per heavy atom. The molecule has 6 aliphatic heterocycles. The molecule has 0 saturated heterocycles. The summed E-state index contributed by atoms with van der Waals surface area (Å²) in [6.07, 6.45) is 25.5. The summed E-state index contributed by atoms with van der Waals surface area (Å²) in [6, 6.07) is 8.87. The van der Waals surface area contributed by atoms with Gasteiger partial charge in [0.2, 0.25) is 0 Å². The fourth-order valence-corrected chi connectivity index (χ4v) is 8.65. The predicted octanol–water partition coefficient (Wildman–Crippen LogP) is 6.04. The van der Waals surface area contributed by atoms with Crippen LogP contribution in [0.15, 0.2) is 73.9 Å². The fourth-order valence-electron chi connectivity index (χ4n) is 8.65. The van der Waals surface area contributed by atoms with Crippen molar-refractivity contribution >= 4 is 46.4 Å². The number of nitrogens with zero attached hydrogens (tertiary/aromatic N) is 10. The highest BCUT2D eigenvalue weighted by molar-refractivity contribution is 5.84. The minimum Gasteiger partial charge on any atom is -0.355 e. The van der Waals surface area contributed by atoms with Gasteiger partial charge >= 0.3 is 0 Å². The highest BCUT2D eigenvalue weighted by Gasteiger charge is 2.34. The zero-order valence-electron chi connectivity index (χ0n) is 31.0. The van der Waals surface area contributed by atoms with Crippen molar-refractivity contribution in [2.45, 2.75) is 24.7 Å². The largest absolute Gasteiger partial charge is 0.355 e. The lowest BCUT2D eigenvalue weighted by atomic mass is 10.1. The lowest BCUT2D eigenvalue weighted by molar-refractivity contribution is 0.207. The number of aromatic amines is 2. The number of fused-ring (bicyclic) bond motifs is 8. The van der Waals surface area contributed by atoms with Gasteiger partial charge in [0.15, 0.2) is 0 Å². The van der Waals surface area contributed by atoms with Gasteiger partial charge < -0.3 is 49.2 Å². The average Bonchev–Trinajstić information content (AvgIpc) is 3.98. The van der Waals surface area contributed by atoms with Gasteiger partial charge in [-0.3, -0.25) is 0 Å². The summed E-state index contributed by atoms with van der Waals surface area (Å²) in [6.45, 7) is 0. The van der Waals surface area contributed by atoms with Crippen LogP contribution < -0.4 is 0 Å². The Bertz CT molecular complexity index is 2130. The molecule has 0 aliphatic carbocycles. The molecule has 12 nitrogen and oxygen atoms in total. The van der Waals surface area contributed by atoms with Crippen molar-refractivity contribution in [1.82, 2.24) is 59.1 Å². The third-order valence-electron chi connectivity index (χ3n) is 11.2. The van der Waals surface area contributed by atoms with E-state index < -0.39 is 0 Å². The molecule has 0 radical (unpaired) electrons. The van der Waals surface area contributed by atoms with Gasteiger partial charge in [0.1, 0.15) is 24.7 Å². The topological polar surface area (TPSA) is 83.3 Å². The highest BCUT2D eigenvalue weighted by atomic mass is 15.4. The van der Waals surface area contributed by atoms with Gasteiger partial charge in [0.05, 0.1) is 22.8 Å². The Hall–Kier alpha value is -6.04. The quantitative estimate of drug-likeness (QED) is 0.232. The smallest absolute Gasteiger partial charge is 0.131 e. The second-order valence-electron chi connectivity index (χ2n) is 14.7. The van der Waals surface area contributed by atoms with Crippen molar-refractivity contribution in [3.63, 3.8) is 0 Å².